The second kappa shape index (κ2) is 18.5. The van der Waals surface area contributed by atoms with E-state index in [2.05, 4.69) is 6.58 Å². The molecule has 0 aliphatic rings. The SMILES string of the molecule is C=CC(=O)OCCCCOc1ccc(C(=O)Oc2ccc(OC(=O)c3ccc(OCCCCOC(=O)CC)cc3)cc2C)cc1. The highest BCUT2D eigenvalue weighted by molar-refractivity contribution is 5.92. The van der Waals surface area contributed by atoms with Crippen LogP contribution >= 0.6 is 0 Å². The van der Waals surface area contributed by atoms with Crippen molar-refractivity contribution in [3.63, 3.8) is 0 Å². The van der Waals surface area contributed by atoms with Crippen molar-refractivity contribution >= 4 is 23.9 Å². The van der Waals surface area contributed by atoms with E-state index >= 15 is 0 Å². The van der Waals surface area contributed by atoms with E-state index in [4.69, 9.17) is 28.4 Å². The van der Waals surface area contributed by atoms with Gasteiger partial charge in [0.25, 0.3) is 0 Å². The van der Waals surface area contributed by atoms with Crippen LogP contribution < -0.4 is 18.9 Å². The van der Waals surface area contributed by atoms with Crippen LogP contribution in [0.25, 0.3) is 0 Å². The minimum absolute atomic E-state index is 0.214. The van der Waals surface area contributed by atoms with Gasteiger partial charge in [-0.25, -0.2) is 14.4 Å². The molecule has 0 fully saturated rings. The molecule has 0 radical (unpaired) electrons. The predicted molar refractivity (Wildman–Crippen MR) is 166 cm³/mol. The number of esters is 4. The van der Waals surface area contributed by atoms with E-state index < -0.39 is 17.9 Å². The lowest BCUT2D eigenvalue weighted by molar-refractivity contribution is -0.143. The Morgan fingerprint density at radius 2 is 1.13 bits per heavy atom. The summed E-state index contributed by atoms with van der Waals surface area (Å²) in [6.07, 6.45) is 4.28. The molecule has 0 saturated heterocycles. The van der Waals surface area contributed by atoms with Gasteiger partial charge in [0.1, 0.15) is 23.0 Å². The van der Waals surface area contributed by atoms with Crippen molar-refractivity contribution in [3.8, 4) is 23.0 Å². The molecular weight excluding hydrogens is 580 g/mol. The molecule has 0 aromatic heterocycles. The van der Waals surface area contributed by atoms with Crippen LogP contribution in [0.1, 0.15) is 65.3 Å². The molecule has 3 aromatic carbocycles. The van der Waals surface area contributed by atoms with Gasteiger partial charge in [-0.1, -0.05) is 13.5 Å². The van der Waals surface area contributed by atoms with Gasteiger partial charge in [0, 0.05) is 12.5 Å². The lowest BCUT2D eigenvalue weighted by Crippen LogP contribution is -2.11. The highest BCUT2D eigenvalue weighted by Crippen LogP contribution is 2.26. The molecule has 238 valence electrons. The summed E-state index contributed by atoms with van der Waals surface area (Å²) in [5.74, 6) is 0.112. The average Bonchev–Trinajstić information content (AvgIpc) is 3.05. The van der Waals surface area contributed by atoms with Crippen LogP contribution in [0.2, 0.25) is 0 Å². The number of benzene rings is 3. The standard InChI is InChI=1S/C35H38O10/c1-4-32(36)42-22-8-6-20-40-28-14-10-26(11-15-28)34(38)44-30-18-19-31(25(3)24-30)45-35(39)27-12-16-29(17-13-27)41-21-7-9-23-43-33(37)5-2/h5,10-19,24H,2,4,6-9,20-23H2,1,3H3. The fraction of sp³-hybridized carbons (Fsp3) is 0.314. The summed E-state index contributed by atoms with van der Waals surface area (Å²) in [5.41, 5.74) is 1.31. The lowest BCUT2D eigenvalue weighted by Gasteiger charge is -2.11. The first-order valence-electron chi connectivity index (χ1n) is 14.7. The summed E-state index contributed by atoms with van der Waals surface area (Å²) in [7, 11) is 0. The van der Waals surface area contributed by atoms with Gasteiger partial charge >= 0.3 is 23.9 Å². The van der Waals surface area contributed by atoms with E-state index in [1.165, 1.54) is 0 Å². The van der Waals surface area contributed by atoms with Crippen LogP contribution in [0, 0.1) is 6.92 Å². The van der Waals surface area contributed by atoms with E-state index in [0.29, 0.717) is 91.8 Å². The maximum Gasteiger partial charge on any atom is 0.343 e. The van der Waals surface area contributed by atoms with Crippen LogP contribution in [0.3, 0.4) is 0 Å². The molecule has 0 saturated carbocycles. The molecule has 0 amide bonds. The minimum atomic E-state index is -0.541. The summed E-state index contributed by atoms with van der Waals surface area (Å²) in [6, 6.07) is 17.9. The molecular formula is C35H38O10. The van der Waals surface area contributed by atoms with E-state index in [1.54, 1.807) is 80.6 Å². The number of rotatable bonds is 18. The van der Waals surface area contributed by atoms with Crippen molar-refractivity contribution in [2.75, 3.05) is 26.4 Å². The third-order valence-corrected chi connectivity index (χ3v) is 6.32. The molecule has 0 spiro atoms. The third-order valence-electron chi connectivity index (χ3n) is 6.32. The van der Waals surface area contributed by atoms with E-state index in [9.17, 15) is 19.2 Å². The molecule has 0 unspecified atom stereocenters. The van der Waals surface area contributed by atoms with Crippen molar-refractivity contribution in [1.29, 1.82) is 0 Å². The van der Waals surface area contributed by atoms with Gasteiger partial charge in [-0.15, -0.1) is 0 Å². The first-order chi connectivity index (χ1) is 21.8. The molecule has 3 aromatic rings. The van der Waals surface area contributed by atoms with Crippen molar-refractivity contribution in [2.24, 2.45) is 0 Å². The van der Waals surface area contributed by atoms with Crippen LogP contribution in [0.5, 0.6) is 23.0 Å². The van der Waals surface area contributed by atoms with Crippen molar-refractivity contribution in [2.45, 2.75) is 46.0 Å². The number of unbranched alkanes of at least 4 members (excludes halogenated alkanes) is 2. The van der Waals surface area contributed by atoms with Crippen LogP contribution in [-0.2, 0) is 19.1 Å². The molecule has 0 heterocycles. The number of ether oxygens (including phenoxy) is 6. The molecule has 10 nitrogen and oxygen atoms in total. The largest absolute Gasteiger partial charge is 0.494 e. The average molecular weight is 619 g/mol. The number of hydrogen-bond donors (Lipinski definition) is 0. The number of aryl methyl sites for hydroxylation is 1. The van der Waals surface area contributed by atoms with Gasteiger partial charge in [0.15, 0.2) is 0 Å². The maximum absolute atomic E-state index is 12.7. The summed E-state index contributed by atoms with van der Waals surface area (Å²) < 4.78 is 32.3. The van der Waals surface area contributed by atoms with E-state index in [0.717, 1.165) is 12.5 Å². The summed E-state index contributed by atoms with van der Waals surface area (Å²) >= 11 is 0. The molecule has 0 N–H and O–H groups in total. The fourth-order valence-electron chi connectivity index (χ4n) is 3.81. The second-order valence-corrected chi connectivity index (χ2v) is 9.81. The Labute approximate surface area is 262 Å². The van der Waals surface area contributed by atoms with Crippen LogP contribution in [0.15, 0.2) is 79.4 Å². The Balaban J connectivity index is 1.41. The molecule has 0 aliphatic carbocycles. The van der Waals surface area contributed by atoms with Crippen molar-refractivity contribution in [1.82, 2.24) is 0 Å². The monoisotopic (exact) mass is 618 g/mol. The molecule has 3 rings (SSSR count). The van der Waals surface area contributed by atoms with Gasteiger partial charge < -0.3 is 28.4 Å². The Kier molecular flexibility index (Phi) is 14.1. The first kappa shape index (κ1) is 34.4. The Morgan fingerprint density at radius 1 is 0.644 bits per heavy atom. The zero-order chi connectivity index (χ0) is 32.4. The Morgan fingerprint density at radius 3 is 1.64 bits per heavy atom. The number of hydrogen-bond acceptors (Lipinski definition) is 10. The maximum atomic E-state index is 12.7. The summed E-state index contributed by atoms with van der Waals surface area (Å²) in [5, 5.41) is 0. The first-order valence-corrected chi connectivity index (χ1v) is 14.7. The summed E-state index contributed by atoms with van der Waals surface area (Å²) in [6.45, 7) is 8.41. The van der Waals surface area contributed by atoms with Gasteiger partial charge in [-0.05, 0) is 105 Å². The summed E-state index contributed by atoms with van der Waals surface area (Å²) in [4.78, 5) is 47.5. The van der Waals surface area contributed by atoms with Gasteiger partial charge in [-0.2, -0.15) is 0 Å². The third kappa shape index (κ3) is 12.2. The van der Waals surface area contributed by atoms with Gasteiger partial charge in [-0.3, -0.25) is 4.79 Å². The topological polar surface area (TPSA) is 124 Å². The normalized spacial score (nSPS) is 10.4. The number of carbonyl (C=O) groups is 4. The minimum Gasteiger partial charge on any atom is -0.494 e. The Bertz CT molecular complexity index is 1430. The molecule has 0 aliphatic heterocycles. The van der Waals surface area contributed by atoms with Gasteiger partial charge in [0.2, 0.25) is 0 Å². The second-order valence-electron chi connectivity index (χ2n) is 9.81. The van der Waals surface area contributed by atoms with E-state index in [1.807, 2.05) is 0 Å². The number of carbonyl (C=O) groups excluding carboxylic acids is 4. The quantitative estimate of drug-likeness (QED) is 0.0681. The van der Waals surface area contributed by atoms with Crippen LogP contribution in [-0.4, -0.2) is 50.3 Å². The molecule has 0 atom stereocenters. The zero-order valence-corrected chi connectivity index (χ0v) is 25.6. The van der Waals surface area contributed by atoms with Crippen molar-refractivity contribution < 1.29 is 47.6 Å². The fourth-order valence-corrected chi connectivity index (χ4v) is 3.81. The highest BCUT2D eigenvalue weighted by Gasteiger charge is 2.14. The molecule has 0 bridgehead atoms. The molecule has 10 heteroatoms. The van der Waals surface area contributed by atoms with Crippen molar-refractivity contribution in [3.05, 3.63) is 96.1 Å². The zero-order valence-electron chi connectivity index (χ0n) is 25.6. The smallest absolute Gasteiger partial charge is 0.343 e. The van der Waals surface area contributed by atoms with Crippen LogP contribution in [0.4, 0.5) is 0 Å². The molecule has 45 heavy (non-hydrogen) atoms. The lowest BCUT2D eigenvalue weighted by atomic mass is 10.2. The Hall–Kier alpha value is -5.12. The highest BCUT2D eigenvalue weighted by atomic mass is 16.5. The van der Waals surface area contributed by atoms with Gasteiger partial charge in [0.05, 0.1) is 37.6 Å². The predicted octanol–water partition coefficient (Wildman–Crippen LogP) is 6.43. The van der Waals surface area contributed by atoms with E-state index in [-0.39, 0.29) is 5.97 Å².